The zero-order valence-corrected chi connectivity index (χ0v) is 11.5. The number of hydrogen-bond acceptors (Lipinski definition) is 5. The van der Waals surface area contributed by atoms with Gasteiger partial charge in [-0.15, -0.1) is 0 Å². The summed E-state index contributed by atoms with van der Waals surface area (Å²) in [6, 6.07) is 5.80. The summed E-state index contributed by atoms with van der Waals surface area (Å²) in [5.74, 6) is 0.0727. The third-order valence-electron chi connectivity index (χ3n) is 2.51. The minimum Gasteiger partial charge on any atom is -0.494 e. The molecule has 0 radical (unpaired) electrons. The fraction of sp³-hybridized carbons (Fsp3) is 0.385. The van der Waals surface area contributed by atoms with Gasteiger partial charge in [0.05, 0.1) is 16.8 Å². The maximum Gasteiger partial charge on any atom is 0.303 e. The van der Waals surface area contributed by atoms with Crippen molar-refractivity contribution in [3.05, 3.63) is 18.2 Å². The molecular formula is C13H16N2O3S. The highest BCUT2D eigenvalue weighted by Crippen LogP contribution is 2.29. The zero-order valence-electron chi connectivity index (χ0n) is 10.7. The first-order chi connectivity index (χ1) is 9.19. The number of rotatable bonds is 7. The third-order valence-corrected chi connectivity index (χ3v) is 3.49. The van der Waals surface area contributed by atoms with Crippen LogP contribution in [0, 0.1) is 0 Å². The molecule has 5 nitrogen and oxygen atoms in total. The van der Waals surface area contributed by atoms with Gasteiger partial charge in [-0.05, 0) is 31.5 Å². The molecule has 2 rings (SSSR count). The number of fused-ring (bicyclic) bond motifs is 1. The Labute approximate surface area is 115 Å². The number of carboxylic acids is 1. The molecule has 0 aliphatic carbocycles. The summed E-state index contributed by atoms with van der Waals surface area (Å²) in [6.07, 6.45) is 0.766. The average Bonchev–Trinajstić information content (AvgIpc) is 2.77. The molecule has 0 saturated heterocycles. The van der Waals surface area contributed by atoms with Crippen molar-refractivity contribution >= 4 is 32.7 Å². The summed E-state index contributed by atoms with van der Waals surface area (Å²) in [5.41, 5.74) is 0.925. The van der Waals surface area contributed by atoms with Crippen LogP contribution in [0.5, 0.6) is 5.75 Å². The smallest absolute Gasteiger partial charge is 0.303 e. The van der Waals surface area contributed by atoms with E-state index in [4.69, 9.17) is 9.84 Å². The molecule has 19 heavy (non-hydrogen) atoms. The second-order valence-corrected chi connectivity index (χ2v) is 5.04. The number of hydrogen-bond donors (Lipinski definition) is 2. The number of carboxylic acid groups (broad SMARTS) is 1. The zero-order chi connectivity index (χ0) is 13.7. The molecule has 0 spiro atoms. The first-order valence-electron chi connectivity index (χ1n) is 6.18. The lowest BCUT2D eigenvalue weighted by molar-refractivity contribution is -0.137. The van der Waals surface area contributed by atoms with E-state index in [1.807, 2.05) is 25.1 Å². The largest absolute Gasteiger partial charge is 0.494 e. The maximum absolute atomic E-state index is 10.4. The Balaban J connectivity index is 1.98. The van der Waals surface area contributed by atoms with Crippen molar-refractivity contribution in [3.63, 3.8) is 0 Å². The van der Waals surface area contributed by atoms with Crippen LogP contribution < -0.4 is 10.1 Å². The van der Waals surface area contributed by atoms with Crippen molar-refractivity contribution < 1.29 is 14.6 Å². The first kappa shape index (κ1) is 13.6. The summed E-state index contributed by atoms with van der Waals surface area (Å²) in [4.78, 5) is 14.8. The highest BCUT2D eigenvalue weighted by Gasteiger charge is 2.05. The van der Waals surface area contributed by atoms with Crippen LogP contribution in [0.1, 0.15) is 19.8 Å². The first-order valence-corrected chi connectivity index (χ1v) is 6.99. The van der Waals surface area contributed by atoms with E-state index >= 15 is 0 Å². The van der Waals surface area contributed by atoms with Crippen LogP contribution in [0.4, 0.5) is 5.13 Å². The predicted octanol–water partition coefficient (Wildman–Crippen LogP) is 2.97. The molecule has 1 heterocycles. The number of aliphatic carboxylic acids is 1. The van der Waals surface area contributed by atoms with Gasteiger partial charge in [-0.1, -0.05) is 11.3 Å². The Bertz CT molecular complexity index is 568. The van der Waals surface area contributed by atoms with Crippen LogP contribution in [0.3, 0.4) is 0 Å². The highest BCUT2D eigenvalue weighted by atomic mass is 32.1. The van der Waals surface area contributed by atoms with Crippen LogP contribution >= 0.6 is 11.3 Å². The van der Waals surface area contributed by atoms with Crippen molar-refractivity contribution in [1.29, 1.82) is 0 Å². The van der Waals surface area contributed by atoms with Gasteiger partial charge in [0.2, 0.25) is 0 Å². The van der Waals surface area contributed by atoms with Gasteiger partial charge < -0.3 is 15.2 Å². The lowest BCUT2D eigenvalue weighted by Crippen LogP contribution is -2.04. The minimum atomic E-state index is -0.771. The van der Waals surface area contributed by atoms with Crippen LogP contribution in [0.2, 0.25) is 0 Å². The van der Waals surface area contributed by atoms with Crippen molar-refractivity contribution in [2.45, 2.75) is 19.8 Å². The van der Waals surface area contributed by atoms with E-state index in [1.54, 1.807) is 11.3 Å². The number of benzene rings is 1. The van der Waals surface area contributed by atoms with Gasteiger partial charge in [0.1, 0.15) is 5.75 Å². The van der Waals surface area contributed by atoms with E-state index < -0.39 is 5.97 Å². The molecule has 1 aromatic carbocycles. The predicted molar refractivity (Wildman–Crippen MR) is 76.1 cm³/mol. The SMILES string of the molecule is CCOc1ccc2nc(NCCCC(=O)O)sc2c1. The average molecular weight is 280 g/mol. The Morgan fingerprint density at radius 3 is 3.11 bits per heavy atom. The molecule has 6 heteroatoms. The lowest BCUT2D eigenvalue weighted by atomic mass is 10.3. The Morgan fingerprint density at radius 2 is 2.37 bits per heavy atom. The van der Waals surface area contributed by atoms with Gasteiger partial charge in [-0.2, -0.15) is 0 Å². The monoisotopic (exact) mass is 280 g/mol. The van der Waals surface area contributed by atoms with E-state index in [-0.39, 0.29) is 6.42 Å². The number of thiazole rings is 1. The van der Waals surface area contributed by atoms with Gasteiger partial charge in [-0.3, -0.25) is 4.79 Å². The summed E-state index contributed by atoms with van der Waals surface area (Å²) >= 11 is 1.55. The molecule has 0 bridgehead atoms. The molecule has 1 aromatic heterocycles. The quantitative estimate of drug-likeness (QED) is 0.763. The molecule has 2 N–H and O–H groups in total. The third kappa shape index (κ3) is 3.82. The number of anilines is 1. The molecule has 2 aromatic rings. The van der Waals surface area contributed by atoms with E-state index in [0.717, 1.165) is 21.1 Å². The number of ether oxygens (including phenoxy) is 1. The normalized spacial score (nSPS) is 10.6. The highest BCUT2D eigenvalue weighted by molar-refractivity contribution is 7.22. The van der Waals surface area contributed by atoms with Crippen LogP contribution in [0.25, 0.3) is 10.2 Å². The molecule has 0 aliphatic rings. The number of carbonyl (C=O) groups is 1. The van der Waals surface area contributed by atoms with Crippen LogP contribution in [-0.2, 0) is 4.79 Å². The molecule has 0 atom stereocenters. The number of aromatic nitrogens is 1. The number of nitrogens with zero attached hydrogens (tertiary/aromatic N) is 1. The maximum atomic E-state index is 10.4. The van der Waals surface area contributed by atoms with Gasteiger partial charge >= 0.3 is 5.97 Å². The molecular weight excluding hydrogens is 264 g/mol. The molecule has 0 unspecified atom stereocenters. The van der Waals surface area contributed by atoms with E-state index in [9.17, 15) is 4.79 Å². The Morgan fingerprint density at radius 1 is 1.53 bits per heavy atom. The van der Waals surface area contributed by atoms with Gasteiger partial charge in [0, 0.05) is 13.0 Å². The van der Waals surface area contributed by atoms with Gasteiger partial charge in [0.15, 0.2) is 5.13 Å². The van der Waals surface area contributed by atoms with Crippen molar-refractivity contribution in [2.75, 3.05) is 18.5 Å². The summed E-state index contributed by atoms with van der Waals surface area (Å²) in [5, 5.41) is 12.5. The molecule has 0 aliphatic heterocycles. The molecule has 102 valence electrons. The van der Waals surface area contributed by atoms with Gasteiger partial charge in [0.25, 0.3) is 0 Å². The number of nitrogens with one attached hydrogen (secondary N) is 1. The Hall–Kier alpha value is -1.82. The second-order valence-electron chi connectivity index (χ2n) is 4.01. The fourth-order valence-corrected chi connectivity index (χ4v) is 2.59. The van der Waals surface area contributed by atoms with Crippen LogP contribution in [0.15, 0.2) is 18.2 Å². The van der Waals surface area contributed by atoms with Crippen molar-refractivity contribution in [2.24, 2.45) is 0 Å². The minimum absolute atomic E-state index is 0.173. The van der Waals surface area contributed by atoms with Gasteiger partial charge in [-0.25, -0.2) is 4.98 Å². The molecule has 0 fully saturated rings. The van der Waals surface area contributed by atoms with Crippen molar-refractivity contribution in [1.82, 2.24) is 4.98 Å². The summed E-state index contributed by atoms with van der Waals surface area (Å²) < 4.78 is 6.50. The summed E-state index contributed by atoms with van der Waals surface area (Å²) in [6.45, 7) is 3.21. The lowest BCUT2D eigenvalue weighted by Gasteiger charge is -2.00. The van der Waals surface area contributed by atoms with E-state index in [0.29, 0.717) is 19.6 Å². The fourth-order valence-electron chi connectivity index (χ4n) is 1.67. The Kier molecular flexibility index (Phi) is 4.57. The van der Waals surface area contributed by atoms with Crippen molar-refractivity contribution in [3.8, 4) is 5.75 Å². The standard InChI is InChI=1S/C13H16N2O3S/c1-2-18-9-5-6-10-11(8-9)19-13(15-10)14-7-3-4-12(16)17/h5-6,8H,2-4,7H2,1H3,(H,14,15)(H,16,17). The van der Waals surface area contributed by atoms with E-state index in [2.05, 4.69) is 10.3 Å². The van der Waals surface area contributed by atoms with Crippen LogP contribution in [-0.4, -0.2) is 29.2 Å². The summed E-state index contributed by atoms with van der Waals surface area (Å²) in [7, 11) is 0. The second kappa shape index (κ2) is 6.38. The molecule has 0 amide bonds. The topological polar surface area (TPSA) is 71.5 Å². The van der Waals surface area contributed by atoms with E-state index in [1.165, 1.54) is 0 Å². The molecule has 0 saturated carbocycles.